The van der Waals surface area contributed by atoms with Gasteiger partial charge >= 0.3 is 0 Å². The van der Waals surface area contributed by atoms with E-state index in [-0.39, 0.29) is 29.8 Å². The molecule has 1 aromatic carbocycles. The second kappa shape index (κ2) is 11.1. The van der Waals surface area contributed by atoms with E-state index in [9.17, 15) is 4.39 Å². The first-order valence-corrected chi connectivity index (χ1v) is 8.49. The first-order chi connectivity index (χ1) is 11.1. The lowest BCUT2D eigenvalue weighted by Gasteiger charge is -2.24. The van der Waals surface area contributed by atoms with Crippen molar-refractivity contribution in [2.45, 2.75) is 19.8 Å². The molecule has 0 saturated carbocycles. The summed E-state index contributed by atoms with van der Waals surface area (Å²) in [5.41, 5.74) is 0.528. The molecule has 2 rings (SSSR count). The molecule has 0 aliphatic carbocycles. The van der Waals surface area contributed by atoms with Crippen LogP contribution in [0.1, 0.15) is 18.9 Å². The van der Waals surface area contributed by atoms with Gasteiger partial charge in [0.25, 0.3) is 0 Å². The van der Waals surface area contributed by atoms with Crippen molar-refractivity contribution in [1.29, 1.82) is 0 Å². The van der Waals surface area contributed by atoms with Crippen molar-refractivity contribution in [2.75, 3.05) is 39.9 Å². The molecule has 1 atom stereocenters. The molecule has 1 unspecified atom stereocenters. The van der Waals surface area contributed by atoms with Crippen molar-refractivity contribution < 1.29 is 9.13 Å². The molecule has 0 aromatic heterocycles. The van der Waals surface area contributed by atoms with Gasteiger partial charge in [-0.15, -0.1) is 24.0 Å². The van der Waals surface area contributed by atoms with Gasteiger partial charge in [-0.25, -0.2) is 4.39 Å². The van der Waals surface area contributed by atoms with Gasteiger partial charge in [0.2, 0.25) is 0 Å². The summed E-state index contributed by atoms with van der Waals surface area (Å²) in [5, 5.41) is 3.74. The number of hydrogen-bond acceptors (Lipinski definition) is 2. The monoisotopic (exact) mass is 469 g/mol. The topological polar surface area (TPSA) is 36.9 Å². The van der Waals surface area contributed by atoms with E-state index in [2.05, 4.69) is 15.2 Å². The highest BCUT2D eigenvalue weighted by Gasteiger charge is 2.19. The molecule has 0 spiro atoms. The number of nitrogens with one attached hydrogen (secondary N) is 1. The van der Waals surface area contributed by atoms with E-state index >= 15 is 0 Å². The maximum atomic E-state index is 13.8. The van der Waals surface area contributed by atoms with Gasteiger partial charge in [-0.2, -0.15) is 0 Å². The van der Waals surface area contributed by atoms with Crippen LogP contribution in [0.25, 0.3) is 0 Å². The lowest BCUT2D eigenvalue weighted by atomic mass is 10.1. The Labute approximate surface area is 165 Å². The Hall–Kier alpha value is -0.600. The minimum atomic E-state index is -0.269. The van der Waals surface area contributed by atoms with Crippen LogP contribution in [0.3, 0.4) is 0 Å². The Balaban J connectivity index is 0.00000288. The zero-order valence-corrected chi connectivity index (χ0v) is 17.3. The fraction of sp³-hybridized carbons (Fsp3) is 0.588. The van der Waals surface area contributed by atoms with Crippen LogP contribution in [-0.4, -0.2) is 50.8 Å². The Bertz CT molecular complexity index is 518. The Morgan fingerprint density at radius 1 is 1.50 bits per heavy atom. The van der Waals surface area contributed by atoms with E-state index in [0.717, 1.165) is 38.7 Å². The van der Waals surface area contributed by atoms with Crippen LogP contribution in [0.5, 0.6) is 0 Å². The summed E-state index contributed by atoms with van der Waals surface area (Å²) >= 11 is 6.05. The summed E-state index contributed by atoms with van der Waals surface area (Å²) in [4.78, 5) is 6.72. The molecule has 7 heteroatoms. The standard InChI is InChI=1S/C17H25ClFN3O.HI/c1-3-20-17(22(2)11-13-8-10-23-12-13)21-9-7-14-15(18)5-4-6-16(14)19;/h4-6,13H,3,7-12H2,1-2H3,(H,20,21);1H. The number of benzene rings is 1. The van der Waals surface area contributed by atoms with E-state index in [1.165, 1.54) is 6.07 Å². The zero-order chi connectivity index (χ0) is 16.7. The molecule has 1 N–H and O–H groups in total. The van der Waals surface area contributed by atoms with Crippen LogP contribution < -0.4 is 5.32 Å². The van der Waals surface area contributed by atoms with E-state index in [1.807, 2.05) is 14.0 Å². The lowest BCUT2D eigenvalue weighted by molar-refractivity contribution is 0.181. The van der Waals surface area contributed by atoms with Crippen molar-refractivity contribution in [2.24, 2.45) is 10.9 Å². The maximum Gasteiger partial charge on any atom is 0.193 e. The van der Waals surface area contributed by atoms with Crippen LogP contribution in [0.2, 0.25) is 5.02 Å². The van der Waals surface area contributed by atoms with Crippen LogP contribution in [0.15, 0.2) is 23.2 Å². The highest BCUT2D eigenvalue weighted by atomic mass is 127. The third kappa shape index (κ3) is 6.37. The van der Waals surface area contributed by atoms with Gasteiger partial charge in [0.15, 0.2) is 5.96 Å². The smallest absolute Gasteiger partial charge is 0.193 e. The highest BCUT2D eigenvalue weighted by Crippen LogP contribution is 2.19. The van der Waals surface area contributed by atoms with E-state index in [0.29, 0.717) is 29.5 Å². The largest absolute Gasteiger partial charge is 0.381 e. The minimum absolute atomic E-state index is 0. The summed E-state index contributed by atoms with van der Waals surface area (Å²) in [7, 11) is 2.02. The quantitative estimate of drug-likeness (QED) is 0.393. The van der Waals surface area contributed by atoms with Crippen LogP contribution in [0, 0.1) is 11.7 Å². The minimum Gasteiger partial charge on any atom is -0.381 e. The maximum absolute atomic E-state index is 13.8. The molecule has 4 nitrogen and oxygen atoms in total. The molecule has 0 amide bonds. The molecule has 0 radical (unpaired) electrons. The summed E-state index contributed by atoms with van der Waals surface area (Å²) in [6, 6.07) is 4.76. The molecular weight excluding hydrogens is 444 g/mol. The molecule has 1 saturated heterocycles. The Kier molecular flexibility index (Phi) is 9.92. The second-order valence-electron chi connectivity index (χ2n) is 5.80. The molecular formula is C17H26ClFIN3O. The average molecular weight is 470 g/mol. The predicted molar refractivity (Wildman–Crippen MR) is 108 cm³/mol. The van der Waals surface area contributed by atoms with E-state index in [4.69, 9.17) is 16.3 Å². The third-order valence-electron chi connectivity index (χ3n) is 3.94. The lowest BCUT2D eigenvalue weighted by Crippen LogP contribution is -2.41. The van der Waals surface area contributed by atoms with Crippen LogP contribution in [-0.2, 0) is 11.2 Å². The molecule has 24 heavy (non-hydrogen) atoms. The fourth-order valence-electron chi connectivity index (χ4n) is 2.72. The van der Waals surface area contributed by atoms with E-state index in [1.54, 1.807) is 12.1 Å². The number of halogens is 3. The summed E-state index contributed by atoms with van der Waals surface area (Å²) < 4.78 is 19.2. The van der Waals surface area contributed by atoms with Crippen molar-refractivity contribution in [1.82, 2.24) is 10.2 Å². The summed E-state index contributed by atoms with van der Waals surface area (Å²) in [6.45, 7) is 5.90. The van der Waals surface area contributed by atoms with Crippen molar-refractivity contribution in [3.63, 3.8) is 0 Å². The number of nitrogens with zero attached hydrogens (tertiary/aromatic N) is 2. The molecule has 0 bridgehead atoms. The fourth-order valence-corrected chi connectivity index (χ4v) is 2.97. The summed E-state index contributed by atoms with van der Waals surface area (Å²) in [6.07, 6.45) is 1.58. The zero-order valence-electron chi connectivity index (χ0n) is 14.2. The molecule has 136 valence electrons. The third-order valence-corrected chi connectivity index (χ3v) is 4.29. The number of guanidine groups is 1. The van der Waals surface area contributed by atoms with Gasteiger partial charge in [0.1, 0.15) is 5.82 Å². The number of ether oxygens (including phenoxy) is 1. The number of rotatable bonds is 6. The van der Waals surface area contributed by atoms with Gasteiger partial charge in [0, 0.05) is 49.8 Å². The number of hydrogen-bond donors (Lipinski definition) is 1. The van der Waals surface area contributed by atoms with E-state index < -0.39 is 0 Å². The predicted octanol–water partition coefficient (Wildman–Crippen LogP) is 3.57. The molecule has 1 aromatic rings. The average Bonchev–Trinajstić information content (AvgIpc) is 3.02. The van der Waals surface area contributed by atoms with Crippen LogP contribution in [0.4, 0.5) is 4.39 Å². The Morgan fingerprint density at radius 3 is 2.92 bits per heavy atom. The van der Waals surface area contributed by atoms with Gasteiger partial charge in [-0.1, -0.05) is 17.7 Å². The van der Waals surface area contributed by atoms with Crippen molar-refractivity contribution >= 4 is 41.5 Å². The highest BCUT2D eigenvalue weighted by molar-refractivity contribution is 14.0. The molecule has 1 aliphatic heterocycles. The number of aliphatic imine (C=N–C) groups is 1. The van der Waals surface area contributed by atoms with Crippen LogP contribution >= 0.6 is 35.6 Å². The van der Waals surface area contributed by atoms with Gasteiger partial charge in [0.05, 0.1) is 6.61 Å². The molecule has 1 heterocycles. The van der Waals surface area contributed by atoms with Crippen molar-refractivity contribution in [3.8, 4) is 0 Å². The normalized spacial score (nSPS) is 17.5. The second-order valence-corrected chi connectivity index (χ2v) is 6.20. The first-order valence-electron chi connectivity index (χ1n) is 8.12. The Morgan fingerprint density at radius 2 is 2.29 bits per heavy atom. The molecule has 1 fully saturated rings. The SMILES string of the molecule is CCNC(=NCCc1c(F)cccc1Cl)N(C)CC1CCOC1.I. The summed E-state index contributed by atoms with van der Waals surface area (Å²) in [5.74, 6) is 1.12. The van der Waals surface area contributed by atoms with Gasteiger partial charge in [-0.3, -0.25) is 4.99 Å². The van der Waals surface area contributed by atoms with Gasteiger partial charge < -0.3 is 15.0 Å². The van der Waals surface area contributed by atoms with Crippen molar-refractivity contribution in [3.05, 3.63) is 34.6 Å². The molecule has 1 aliphatic rings. The first kappa shape index (κ1) is 21.4. The van der Waals surface area contributed by atoms with Gasteiger partial charge in [-0.05, 0) is 31.9 Å².